The van der Waals surface area contributed by atoms with Crippen LogP contribution in [0.4, 0.5) is 0 Å². The van der Waals surface area contributed by atoms with Crippen LogP contribution in [-0.2, 0) is 0 Å². The molecule has 2 heterocycles. The minimum Gasteiger partial charge on any atom is -0.309 e. The monoisotopic (exact) mass is 541 g/mol. The van der Waals surface area contributed by atoms with Crippen LogP contribution < -0.4 is 0 Å². The van der Waals surface area contributed by atoms with Crippen molar-refractivity contribution in [2.45, 2.75) is 6.92 Å². The van der Waals surface area contributed by atoms with E-state index in [4.69, 9.17) is 0 Å². The molecule has 194 valence electrons. The number of nitrogens with zero attached hydrogens (tertiary/aromatic N) is 1. The predicted molar refractivity (Wildman–Crippen MR) is 181 cm³/mol. The summed E-state index contributed by atoms with van der Waals surface area (Å²) in [7, 11) is 0. The van der Waals surface area contributed by atoms with Crippen molar-refractivity contribution < 1.29 is 0 Å². The van der Waals surface area contributed by atoms with E-state index in [1.165, 1.54) is 69.3 Å². The molecule has 8 rings (SSSR count). The normalized spacial score (nSPS) is 12.0. The van der Waals surface area contributed by atoms with E-state index in [0.29, 0.717) is 0 Å². The van der Waals surface area contributed by atoms with Crippen molar-refractivity contribution in [2.24, 2.45) is 0 Å². The molecule has 2 aromatic heterocycles. The average Bonchev–Trinajstić information content (AvgIpc) is 3.54. The molecular weight excluding hydrogens is 515 g/mol. The van der Waals surface area contributed by atoms with Crippen LogP contribution in [0.5, 0.6) is 0 Å². The van der Waals surface area contributed by atoms with Gasteiger partial charge in [0, 0.05) is 36.8 Å². The first-order valence-electron chi connectivity index (χ1n) is 14.0. The number of hydrogen-bond donors (Lipinski definition) is 0. The second kappa shape index (κ2) is 9.33. The lowest BCUT2D eigenvalue weighted by Gasteiger charge is -2.13. The largest absolute Gasteiger partial charge is 0.309 e. The molecule has 6 aromatic carbocycles. The van der Waals surface area contributed by atoms with E-state index in [1.54, 1.807) is 0 Å². The molecule has 0 radical (unpaired) electrons. The maximum Gasteiger partial charge on any atom is 0.0541 e. The molecule has 1 nitrogen and oxygen atoms in total. The standard InChI is InChI=1S/C39H27NS/c1-3-12-29-34-22-26(19-20-37(34)40(36(29)4-2)27-14-6-5-7-15-27)31-21-25-13-8-9-16-28(25)32-23-35-30-17-10-11-18-38(30)41-39(35)24-33(31)32/h3-24H,2H2,1H3/b12-3-. The van der Waals surface area contributed by atoms with Crippen LogP contribution in [0.2, 0.25) is 0 Å². The van der Waals surface area contributed by atoms with Crippen molar-refractivity contribution in [1.82, 2.24) is 4.57 Å². The first kappa shape index (κ1) is 23.9. The zero-order valence-corrected chi connectivity index (χ0v) is 23.6. The third kappa shape index (κ3) is 3.61. The summed E-state index contributed by atoms with van der Waals surface area (Å²) in [6, 6.07) is 42.2. The van der Waals surface area contributed by atoms with E-state index >= 15 is 0 Å². The van der Waals surface area contributed by atoms with Gasteiger partial charge in [-0.1, -0.05) is 85.5 Å². The molecule has 0 unspecified atom stereocenters. The van der Waals surface area contributed by atoms with E-state index in [9.17, 15) is 0 Å². The van der Waals surface area contributed by atoms with Gasteiger partial charge in [0.15, 0.2) is 0 Å². The van der Waals surface area contributed by atoms with Gasteiger partial charge in [0.25, 0.3) is 0 Å². The topological polar surface area (TPSA) is 4.93 Å². The van der Waals surface area contributed by atoms with Gasteiger partial charge in [-0.25, -0.2) is 0 Å². The van der Waals surface area contributed by atoms with Gasteiger partial charge < -0.3 is 4.57 Å². The van der Waals surface area contributed by atoms with Crippen molar-refractivity contribution in [3.8, 4) is 16.8 Å². The second-order valence-corrected chi connectivity index (χ2v) is 11.6. The third-order valence-electron chi connectivity index (χ3n) is 8.25. The summed E-state index contributed by atoms with van der Waals surface area (Å²) in [6.45, 7) is 6.28. The number of allylic oxidation sites excluding steroid dienone is 1. The Kier molecular flexibility index (Phi) is 5.44. The van der Waals surface area contributed by atoms with Crippen molar-refractivity contribution >= 4 is 76.1 Å². The van der Waals surface area contributed by atoms with E-state index < -0.39 is 0 Å². The molecule has 0 aliphatic heterocycles. The third-order valence-corrected chi connectivity index (χ3v) is 9.39. The fraction of sp³-hybridized carbons (Fsp3) is 0.0256. The lowest BCUT2D eigenvalue weighted by atomic mass is 9.91. The Hall–Kier alpha value is -4.92. The molecule has 0 bridgehead atoms. The van der Waals surface area contributed by atoms with Gasteiger partial charge in [0.2, 0.25) is 0 Å². The van der Waals surface area contributed by atoms with Crippen LogP contribution in [-0.4, -0.2) is 4.57 Å². The minimum absolute atomic E-state index is 1.11. The zero-order chi connectivity index (χ0) is 27.5. The zero-order valence-electron chi connectivity index (χ0n) is 22.8. The van der Waals surface area contributed by atoms with Crippen LogP contribution in [0.3, 0.4) is 0 Å². The summed E-state index contributed by atoms with van der Waals surface area (Å²) in [6.07, 6.45) is 6.31. The molecule has 41 heavy (non-hydrogen) atoms. The molecule has 0 fully saturated rings. The molecule has 0 N–H and O–H groups in total. The van der Waals surface area contributed by atoms with Crippen LogP contribution in [0.15, 0.2) is 128 Å². The van der Waals surface area contributed by atoms with E-state index in [0.717, 1.165) is 11.4 Å². The number of fused-ring (bicyclic) bond motifs is 7. The summed E-state index contributed by atoms with van der Waals surface area (Å²) in [5.41, 5.74) is 7.11. The lowest BCUT2D eigenvalue weighted by Crippen LogP contribution is -1.96. The molecule has 0 spiro atoms. The highest BCUT2D eigenvalue weighted by Gasteiger charge is 2.18. The quantitative estimate of drug-likeness (QED) is 0.195. The fourth-order valence-corrected chi connectivity index (χ4v) is 7.59. The van der Waals surface area contributed by atoms with Gasteiger partial charge in [-0.2, -0.15) is 0 Å². The van der Waals surface area contributed by atoms with Crippen molar-refractivity contribution in [2.75, 3.05) is 0 Å². The first-order chi connectivity index (χ1) is 20.2. The van der Waals surface area contributed by atoms with Crippen molar-refractivity contribution in [3.63, 3.8) is 0 Å². The summed E-state index contributed by atoms with van der Waals surface area (Å²) < 4.78 is 4.98. The van der Waals surface area contributed by atoms with Crippen LogP contribution in [0.25, 0.3) is 81.6 Å². The van der Waals surface area contributed by atoms with E-state index in [-0.39, 0.29) is 0 Å². The number of thiophene rings is 1. The molecule has 0 atom stereocenters. The molecule has 0 saturated heterocycles. The Bertz CT molecular complexity index is 2330. The van der Waals surface area contributed by atoms with Gasteiger partial charge in [0.05, 0.1) is 11.2 Å². The predicted octanol–water partition coefficient (Wildman–Crippen LogP) is 11.6. The SMILES string of the molecule is C=Cc1c(/C=C\C)c2cc(-c3cc4ccccc4c4cc5c(cc34)sc3ccccc35)ccc2n1-c1ccccc1. The highest BCUT2D eigenvalue weighted by atomic mass is 32.1. The number of para-hydroxylation sites is 1. The van der Waals surface area contributed by atoms with Gasteiger partial charge in [-0.3, -0.25) is 0 Å². The maximum atomic E-state index is 4.20. The smallest absolute Gasteiger partial charge is 0.0541 e. The summed E-state index contributed by atoms with van der Waals surface area (Å²) in [4.78, 5) is 0. The Balaban J connectivity index is 1.47. The van der Waals surface area contributed by atoms with E-state index in [2.05, 4.69) is 145 Å². The number of hydrogen-bond acceptors (Lipinski definition) is 1. The summed E-state index contributed by atoms with van der Waals surface area (Å²) in [5.74, 6) is 0. The number of aromatic nitrogens is 1. The van der Waals surface area contributed by atoms with Gasteiger partial charge >= 0.3 is 0 Å². The fourth-order valence-electron chi connectivity index (χ4n) is 6.46. The first-order valence-corrected chi connectivity index (χ1v) is 14.8. The van der Waals surface area contributed by atoms with Gasteiger partial charge in [-0.15, -0.1) is 11.3 Å². The lowest BCUT2D eigenvalue weighted by molar-refractivity contribution is 1.11. The average molecular weight is 542 g/mol. The Morgan fingerprint density at radius 2 is 1.41 bits per heavy atom. The highest BCUT2D eigenvalue weighted by molar-refractivity contribution is 7.25. The number of rotatable bonds is 4. The molecule has 0 aliphatic rings. The minimum atomic E-state index is 1.11. The van der Waals surface area contributed by atoms with Crippen LogP contribution >= 0.6 is 11.3 Å². The molecule has 0 saturated carbocycles. The maximum absolute atomic E-state index is 4.20. The van der Waals surface area contributed by atoms with Crippen molar-refractivity contribution in [1.29, 1.82) is 0 Å². The van der Waals surface area contributed by atoms with Gasteiger partial charge in [-0.05, 0) is 94.2 Å². The van der Waals surface area contributed by atoms with E-state index in [1.807, 2.05) is 17.4 Å². The van der Waals surface area contributed by atoms with Gasteiger partial charge in [0.1, 0.15) is 0 Å². The molecule has 0 aliphatic carbocycles. The number of benzene rings is 6. The van der Waals surface area contributed by atoms with Crippen molar-refractivity contribution in [3.05, 3.63) is 139 Å². The van der Waals surface area contributed by atoms with Crippen LogP contribution in [0.1, 0.15) is 18.2 Å². The molecule has 0 amide bonds. The summed E-state index contributed by atoms with van der Waals surface area (Å²) in [5, 5.41) is 9.04. The highest BCUT2D eigenvalue weighted by Crippen LogP contribution is 2.43. The molecule has 8 aromatic rings. The molecule has 2 heteroatoms. The molecular formula is C39H27NS. The second-order valence-electron chi connectivity index (χ2n) is 10.5. The Morgan fingerprint density at radius 3 is 2.24 bits per heavy atom. The summed E-state index contributed by atoms with van der Waals surface area (Å²) >= 11 is 1.88. The Labute approximate surface area is 242 Å². The van der Waals surface area contributed by atoms with Crippen LogP contribution in [0, 0.1) is 0 Å². The Morgan fingerprint density at radius 1 is 0.634 bits per heavy atom.